The number of nitrogens with zero attached hydrogens (tertiary/aromatic N) is 5. The van der Waals surface area contributed by atoms with Gasteiger partial charge in [0.1, 0.15) is 11.5 Å². The van der Waals surface area contributed by atoms with Crippen LogP contribution in [-0.2, 0) is 39.4 Å². The lowest BCUT2D eigenvalue weighted by atomic mass is 9.90. The van der Waals surface area contributed by atoms with Crippen molar-refractivity contribution in [3.05, 3.63) is 136 Å². The van der Waals surface area contributed by atoms with Gasteiger partial charge in [-0.3, -0.25) is 9.59 Å². The van der Waals surface area contributed by atoms with Gasteiger partial charge in [0, 0.05) is 74.5 Å². The molecule has 3 amide bonds. The molecule has 0 fully saturated rings. The van der Waals surface area contributed by atoms with E-state index < -0.39 is 6.09 Å². The van der Waals surface area contributed by atoms with Crippen LogP contribution in [0.1, 0.15) is 61.2 Å². The summed E-state index contributed by atoms with van der Waals surface area (Å²) >= 11 is 0. The van der Waals surface area contributed by atoms with Crippen LogP contribution < -0.4 is 9.64 Å². The molecule has 1 N–H and O–H groups in total. The van der Waals surface area contributed by atoms with Gasteiger partial charge in [-0.05, 0) is 130 Å². The standard InChI is InChI=1S/C45H49N5O5/c1-29-23-32-9-7-8-10-34(32)28-50(29)44(53)41-25-35-27-49(45(54)55-38-17-11-31(12-18-38)19-21-46(3)4)22-20-33(35)24-40(41)42-26-39(30(2)47(42)5)43(52)48(6)36-13-15-37(51)16-14-36/h7-18,24-26,29,51H,19-23,27-28H2,1-6H3/t29-/m1/s1. The lowest BCUT2D eigenvalue weighted by Gasteiger charge is -2.36. The van der Waals surface area contributed by atoms with Gasteiger partial charge in [0.05, 0.1) is 5.56 Å². The van der Waals surface area contributed by atoms with Gasteiger partial charge < -0.3 is 34.0 Å². The summed E-state index contributed by atoms with van der Waals surface area (Å²) < 4.78 is 7.80. The molecular weight excluding hydrogens is 691 g/mol. The summed E-state index contributed by atoms with van der Waals surface area (Å²) in [5, 5.41) is 9.79. The third-order valence-electron chi connectivity index (χ3n) is 11.2. The number of aromatic hydroxyl groups is 1. The minimum atomic E-state index is -0.427. The number of fused-ring (bicyclic) bond motifs is 2. The molecule has 2 aliphatic heterocycles. The number of benzene rings is 4. The molecule has 0 bridgehead atoms. The molecule has 1 aromatic heterocycles. The molecule has 1 atom stereocenters. The fourth-order valence-corrected chi connectivity index (χ4v) is 7.65. The third kappa shape index (κ3) is 7.73. The molecule has 0 aliphatic carbocycles. The number of aromatic nitrogens is 1. The molecule has 7 rings (SSSR count). The number of carbonyl (C=O) groups excluding carboxylic acids is 3. The van der Waals surface area contributed by atoms with E-state index in [0.29, 0.717) is 48.6 Å². The van der Waals surface area contributed by atoms with Crippen molar-refractivity contribution in [2.45, 2.75) is 52.2 Å². The SMILES string of the molecule is Cc1c(C(=O)N(C)c2ccc(O)cc2)cc(-c2cc3c(cc2C(=O)N2Cc4ccccc4C[C@H]2C)CN(C(=O)Oc2ccc(CCN(C)C)cc2)CC3)n1C. The molecule has 3 heterocycles. The number of hydrogen-bond acceptors (Lipinski definition) is 6. The zero-order valence-electron chi connectivity index (χ0n) is 32.5. The molecule has 10 heteroatoms. The molecule has 55 heavy (non-hydrogen) atoms. The minimum absolute atomic E-state index is 0.0294. The Morgan fingerprint density at radius 3 is 2.25 bits per heavy atom. The molecule has 0 spiro atoms. The monoisotopic (exact) mass is 739 g/mol. The average Bonchev–Trinajstić information content (AvgIpc) is 3.48. The smallest absolute Gasteiger partial charge is 0.415 e. The molecule has 5 aromatic rings. The number of phenols is 1. The van der Waals surface area contributed by atoms with E-state index in [2.05, 4.69) is 30.0 Å². The van der Waals surface area contributed by atoms with E-state index in [1.807, 2.05) is 86.1 Å². The summed E-state index contributed by atoms with van der Waals surface area (Å²) in [5.41, 5.74) is 9.47. The number of ether oxygens (including phenoxy) is 1. The van der Waals surface area contributed by atoms with Crippen LogP contribution in [0.2, 0.25) is 0 Å². The highest BCUT2D eigenvalue weighted by Gasteiger charge is 2.32. The van der Waals surface area contributed by atoms with Crippen LogP contribution in [-0.4, -0.2) is 82.6 Å². The largest absolute Gasteiger partial charge is 0.508 e. The van der Waals surface area contributed by atoms with E-state index in [1.54, 1.807) is 41.1 Å². The molecular formula is C45H49N5O5. The molecule has 284 valence electrons. The van der Waals surface area contributed by atoms with Gasteiger partial charge in [-0.2, -0.15) is 0 Å². The zero-order valence-corrected chi connectivity index (χ0v) is 32.5. The van der Waals surface area contributed by atoms with Crippen LogP contribution in [0.15, 0.2) is 91.0 Å². The summed E-state index contributed by atoms with van der Waals surface area (Å²) in [6.45, 7) is 6.19. The van der Waals surface area contributed by atoms with Gasteiger partial charge in [0.2, 0.25) is 0 Å². The number of amides is 3. The highest BCUT2D eigenvalue weighted by atomic mass is 16.6. The van der Waals surface area contributed by atoms with Crippen molar-refractivity contribution in [1.82, 2.24) is 19.3 Å². The molecule has 0 saturated heterocycles. The van der Waals surface area contributed by atoms with Crippen molar-refractivity contribution in [2.75, 3.05) is 39.1 Å². The van der Waals surface area contributed by atoms with Crippen LogP contribution >= 0.6 is 0 Å². The Balaban J connectivity index is 1.21. The fraction of sp³-hybridized carbons (Fsp3) is 0.311. The predicted octanol–water partition coefficient (Wildman–Crippen LogP) is 7.23. The summed E-state index contributed by atoms with van der Waals surface area (Å²) in [4.78, 5) is 49.6. The Morgan fingerprint density at radius 1 is 0.836 bits per heavy atom. The average molecular weight is 740 g/mol. The lowest BCUT2D eigenvalue weighted by molar-refractivity contribution is 0.0658. The molecule has 0 unspecified atom stereocenters. The number of likely N-dealkylation sites (N-methyl/N-ethyl adjacent to an activating group) is 1. The molecule has 0 saturated carbocycles. The van der Waals surface area contributed by atoms with Crippen molar-refractivity contribution in [2.24, 2.45) is 7.05 Å². The zero-order chi connectivity index (χ0) is 39.0. The Bertz CT molecular complexity index is 2240. The van der Waals surface area contributed by atoms with Crippen molar-refractivity contribution >= 4 is 23.6 Å². The van der Waals surface area contributed by atoms with Crippen molar-refractivity contribution in [3.63, 3.8) is 0 Å². The second-order valence-electron chi connectivity index (χ2n) is 15.1. The minimum Gasteiger partial charge on any atom is -0.508 e. The highest BCUT2D eigenvalue weighted by Crippen LogP contribution is 2.36. The van der Waals surface area contributed by atoms with Gasteiger partial charge >= 0.3 is 6.09 Å². The van der Waals surface area contributed by atoms with E-state index in [-0.39, 0.29) is 23.6 Å². The molecule has 4 aromatic carbocycles. The first-order valence-electron chi connectivity index (χ1n) is 18.9. The maximum Gasteiger partial charge on any atom is 0.415 e. The molecule has 2 aliphatic rings. The first kappa shape index (κ1) is 37.4. The van der Waals surface area contributed by atoms with Gasteiger partial charge in [0.25, 0.3) is 11.8 Å². The van der Waals surface area contributed by atoms with E-state index in [4.69, 9.17) is 4.74 Å². The van der Waals surface area contributed by atoms with E-state index in [1.165, 1.54) is 11.1 Å². The first-order chi connectivity index (χ1) is 26.4. The number of rotatable bonds is 8. The molecule has 10 nitrogen and oxygen atoms in total. The van der Waals surface area contributed by atoms with E-state index >= 15 is 0 Å². The Labute approximate surface area is 323 Å². The van der Waals surface area contributed by atoms with Crippen molar-refractivity contribution in [3.8, 4) is 22.8 Å². The number of anilines is 1. The predicted molar refractivity (Wildman–Crippen MR) is 215 cm³/mol. The number of hydrogen-bond donors (Lipinski definition) is 1. The maximum atomic E-state index is 14.8. The van der Waals surface area contributed by atoms with Crippen LogP contribution in [0.3, 0.4) is 0 Å². The summed E-state index contributed by atoms with van der Waals surface area (Å²) in [6, 6.07) is 28.3. The van der Waals surface area contributed by atoms with E-state index in [9.17, 15) is 19.5 Å². The molecule has 0 radical (unpaired) electrons. The summed E-state index contributed by atoms with van der Waals surface area (Å²) in [6.07, 6.45) is 1.82. The van der Waals surface area contributed by atoms with Gasteiger partial charge in [0.15, 0.2) is 0 Å². The third-order valence-corrected chi connectivity index (χ3v) is 11.2. The van der Waals surface area contributed by atoms with Crippen LogP contribution in [0.5, 0.6) is 11.5 Å². The quantitative estimate of drug-likeness (QED) is 0.180. The van der Waals surface area contributed by atoms with Crippen molar-refractivity contribution in [1.29, 1.82) is 0 Å². The lowest BCUT2D eigenvalue weighted by Crippen LogP contribution is -2.43. The van der Waals surface area contributed by atoms with Gasteiger partial charge in [-0.15, -0.1) is 0 Å². The van der Waals surface area contributed by atoms with Crippen LogP contribution in [0.25, 0.3) is 11.3 Å². The topological polar surface area (TPSA) is 98.6 Å². The Kier molecular flexibility index (Phi) is 10.5. The number of phenolic OH excluding ortho intramolecular Hbond substituents is 1. The maximum absolute atomic E-state index is 14.8. The van der Waals surface area contributed by atoms with E-state index in [0.717, 1.165) is 53.0 Å². The van der Waals surface area contributed by atoms with Crippen LogP contribution in [0.4, 0.5) is 10.5 Å². The summed E-state index contributed by atoms with van der Waals surface area (Å²) in [5.74, 6) is 0.326. The normalized spacial score (nSPS) is 15.1. The van der Waals surface area contributed by atoms with Crippen molar-refractivity contribution < 1.29 is 24.2 Å². The Morgan fingerprint density at radius 2 is 1.55 bits per heavy atom. The Hall–Kier alpha value is -5.87. The first-order valence-corrected chi connectivity index (χ1v) is 18.9. The highest BCUT2D eigenvalue weighted by molar-refractivity contribution is 6.08. The second-order valence-corrected chi connectivity index (χ2v) is 15.1. The number of carbonyl (C=O) groups is 3. The van der Waals surface area contributed by atoms with Gasteiger partial charge in [-0.1, -0.05) is 36.4 Å². The van der Waals surface area contributed by atoms with Crippen LogP contribution in [0, 0.1) is 6.92 Å². The van der Waals surface area contributed by atoms with Gasteiger partial charge in [-0.25, -0.2) is 4.79 Å². The summed E-state index contributed by atoms with van der Waals surface area (Å²) in [7, 11) is 7.72. The fourth-order valence-electron chi connectivity index (χ4n) is 7.65. The second kappa shape index (κ2) is 15.5.